The molecule has 0 saturated carbocycles. The fraction of sp³-hybridized carbons (Fsp3) is 0.429. The summed E-state index contributed by atoms with van der Waals surface area (Å²) in [7, 11) is 0. The Labute approximate surface area is 104 Å². The number of phenols is 1. The van der Waals surface area contributed by atoms with Crippen molar-refractivity contribution in [3.63, 3.8) is 0 Å². The normalized spacial score (nSPS) is 14.3. The summed E-state index contributed by atoms with van der Waals surface area (Å²) in [5.41, 5.74) is 1.79. The van der Waals surface area contributed by atoms with E-state index < -0.39 is 0 Å². The average molecular weight is 236 g/mol. The van der Waals surface area contributed by atoms with Crippen LogP contribution < -0.4 is 0 Å². The summed E-state index contributed by atoms with van der Waals surface area (Å²) in [4.78, 5) is 0. The van der Waals surface area contributed by atoms with Crippen LogP contribution >= 0.6 is 12.6 Å². The molecule has 0 aliphatic carbocycles. The number of aromatic hydroxyl groups is 1. The van der Waals surface area contributed by atoms with Gasteiger partial charge in [0.15, 0.2) is 0 Å². The first-order valence-corrected chi connectivity index (χ1v) is 6.02. The smallest absolute Gasteiger partial charge is 0.126 e. The van der Waals surface area contributed by atoms with Gasteiger partial charge in [-0.15, -0.1) is 0 Å². The Morgan fingerprint density at radius 1 is 1.31 bits per heavy atom. The van der Waals surface area contributed by atoms with Crippen LogP contribution in [0.15, 0.2) is 24.3 Å². The van der Waals surface area contributed by atoms with E-state index in [-0.39, 0.29) is 10.7 Å². The Balaban J connectivity index is 3.14. The van der Waals surface area contributed by atoms with Crippen LogP contribution in [-0.2, 0) is 5.41 Å². The highest BCUT2D eigenvalue weighted by atomic mass is 32.1. The van der Waals surface area contributed by atoms with Crippen molar-refractivity contribution < 1.29 is 5.11 Å². The van der Waals surface area contributed by atoms with Crippen molar-refractivity contribution >= 4 is 18.7 Å². The zero-order chi connectivity index (χ0) is 12.3. The second-order valence-electron chi connectivity index (χ2n) is 5.09. The minimum absolute atomic E-state index is 0.0412. The lowest BCUT2D eigenvalue weighted by Crippen LogP contribution is -2.11. The van der Waals surface area contributed by atoms with Crippen molar-refractivity contribution in [2.75, 3.05) is 0 Å². The highest BCUT2D eigenvalue weighted by molar-refractivity contribution is 7.81. The van der Waals surface area contributed by atoms with Crippen LogP contribution in [0.5, 0.6) is 5.75 Å². The number of hydrogen-bond acceptors (Lipinski definition) is 2. The van der Waals surface area contributed by atoms with Gasteiger partial charge in [0, 0.05) is 10.8 Å². The van der Waals surface area contributed by atoms with E-state index in [1.165, 1.54) is 0 Å². The van der Waals surface area contributed by atoms with Crippen molar-refractivity contribution in [2.45, 2.75) is 38.4 Å². The molecule has 0 spiro atoms. The van der Waals surface area contributed by atoms with Gasteiger partial charge in [-0.1, -0.05) is 51.1 Å². The number of para-hydroxylation sites is 1. The molecule has 1 atom stereocenters. The summed E-state index contributed by atoms with van der Waals surface area (Å²) in [5.74, 6) is 0.375. The Morgan fingerprint density at radius 2 is 1.94 bits per heavy atom. The maximum atomic E-state index is 10.2. The molecule has 0 fully saturated rings. The van der Waals surface area contributed by atoms with Crippen LogP contribution in [0.3, 0.4) is 0 Å². The summed E-state index contributed by atoms with van der Waals surface area (Å²) in [6.07, 6.45) is 3.88. The van der Waals surface area contributed by atoms with Gasteiger partial charge in [0.1, 0.15) is 5.75 Å². The molecule has 1 nitrogen and oxygen atoms in total. The predicted molar refractivity (Wildman–Crippen MR) is 74.3 cm³/mol. The summed E-state index contributed by atoms with van der Waals surface area (Å²) >= 11 is 4.28. The van der Waals surface area contributed by atoms with Crippen LogP contribution in [0, 0.1) is 0 Å². The molecule has 1 aromatic carbocycles. The average Bonchev–Trinajstić information content (AvgIpc) is 2.14. The molecule has 0 aliphatic heterocycles. The van der Waals surface area contributed by atoms with E-state index in [9.17, 15) is 5.11 Å². The molecule has 88 valence electrons. The van der Waals surface area contributed by atoms with Crippen LogP contribution in [0.25, 0.3) is 6.08 Å². The highest BCUT2D eigenvalue weighted by Crippen LogP contribution is 2.33. The molecule has 2 heteroatoms. The van der Waals surface area contributed by atoms with E-state index in [1.807, 2.05) is 37.3 Å². The Hall–Kier alpha value is -0.890. The highest BCUT2D eigenvalue weighted by Gasteiger charge is 2.18. The molecule has 1 rings (SSSR count). The first-order valence-electron chi connectivity index (χ1n) is 5.51. The molecule has 0 aromatic heterocycles. The van der Waals surface area contributed by atoms with Crippen molar-refractivity contribution in [2.24, 2.45) is 0 Å². The lowest BCUT2D eigenvalue weighted by atomic mass is 9.85. The van der Waals surface area contributed by atoms with Crippen LogP contribution in [0.2, 0.25) is 0 Å². The summed E-state index contributed by atoms with van der Waals surface area (Å²) in [5, 5.41) is 10.4. The van der Waals surface area contributed by atoms with Gasteiger partial charge in [-0.2, -0.15) is 12.6 Å². The standard InChI is InChI=1S/C14H20OS/c1-10(16)8-9-11-6-5-7-12(13(11)15)14(2,3)4/h5-10,15-16H,1-4H3. The molecule has 1 unspecified atom stereocenters. The maximum absolute atomic E-state index is 10.2. The van der Waals surface area contributed by atoms with E-state index in [1.54, 1.807) is 0 Å². The second kappa shape index (κ2) is 4.96. The van der Waals surface area contributed by atoms with Gasteiger partial charge in [0.2, 0.25) is 0 Å². The van der Waals surface area contributed by atoms with E-state index in [0.29, 0.717) is 5.75 Å². The maximum Gasteiger partial charge on any atom is 0.126 e. The van der Waals surface area contributed by atoms with Crippen molar-refractivity contribution in [1.29, 1.82) is 0 Å². The monoisotopic (exact) mass is 236 g/mol. The zero-order valence-electron chi connectivity index (χ0n) is 10.4. The lowest BCUT2D eigenvalue weighted by Gasteiger charge is -2.21. The zero-order valence-corrected chi connectivity index (χ0v) is 11.3. The van der Waals surface area contributed by atoms with E-state index in [2.05, 4.69) is 33.4 Å². The molecule has 0 heterocycles. The fourth-order valence-electron chi connectivity index (χ4n) is 1.54. The molecule has 1 N–H and O–H groups in total. The Morgan fingerprint density at radius 3 is 2.44 bits per heavy atom. The first-order chi connectivity index (χ1) is 7.32. The molecule has 0 saturated heterocycles. The molecule has 0 radical (unpaired) electrons. The number of phenolic OH excluding ortho intramolecular Hbond substituents is 1. The van der Waals surface area contributed by atoms with Crippen LogP contribution in [0.4, 0.5) is 0 Å². The number of hydrogen-bond donors (Lipinski definition) is 2. The quantitative estimate of drug-likeness (QED) is 0.743. The van der Waals surface area contributed by atoms with Gasteiger partial charge in [-0.05, 0) is 17.9 Å². The van der Waals surface area contributed by atoms with Gasteiger partial charge in [-0.25, -0.2) is 0 Å². The number of thiol groups is 1. The fourth-order valence-corrected chi connectivity index (χ4v) is 1.63. The molecule has 0 bridgehead atoms. The lowest BCUT2D eigenvalue weighted by molar-refractivity contribution is 0.445. The third-order valence-corrected chi connectivity index (χ3v) is 2.60. The summed E-state index contributed by atoms with van der Waals surface area (Å²) in [6, 6.07) is 5.86. The molecule has 0 amide bonds. The van der Waals surface area contributed by atoms with Crippen LogP contribution in [-0.4, -0.2) is 10.4 Å². The van der Waals surface area contributed by atoms with E-state index >= 15 is 0 Å². The van der Waals surface area contributed by atoms with Crippen molar-refractivity contribution in [3.8, 4) is 5.75 Å². The number of benzene rings is 1. The number of rotatable bonds is 2. The van der Waals surface area contributed by atoms with Gasteiger partial charge >= 0.3 is 0 Å². The molecule has 0 aliphatic rings. The van der Waals surface area contributed by atoms with Gasteiger partial charge in [0.05, 0.1) is 0 Å². The SMILES string of the molecule is CC(S)C=Cc1cccc(C(C)(C)C)c1O. The predicted octanol–water partition coefficient (Wildman–Crippen LogP) is 4.02. The Bertz CT molecular complexity index is 386. The Kier molecular flexibility index (Phi) is 4.09. The van der Waals surface area contributed by atoms with E-state index in [0.717, 1.165) is 11.1 Å². The summed E-state index contributed by atoms with van der Waals surface area (Å²) in [6.45, 7) is 8.27. The van der Waals surface area contributed by atoms with Gasteiger partial charge in [0.25, 0.3) is 0 Å². The molecular weight excluding hydrogens is 216 g/mol. The van der Waals surface area contributed by atoms with Crippen LogP contribution in [0.1, 0.15) is 38.8 Å². The van der Waals surface area contributed by atoms with Crippen molar-refractivity contribution in [1.82, 2.24) is 0 Å². The van der Waals surface area contributed by atoms with E-state index in [4.69, 9.17) is 0 Å². The molecule has 16 heavy (non-hydrogen) atoms. The summed E-state index contributed by atoms with van der Waals surface area (Å²) < 4.78 is 0. The molecular formula is C14H20OS. The van der Waals surface area contributed by atoms with Crippen molar-refractivity contribution in [3.05, 3.63) is 35.4 Å². The molecule has 1 aromatic rings. The topological polar surface area (TPSA) is 20.2 Å². The first kappa shape index (κ1) is 13.2. The third kappa shape index (κ3) is 3.31. The second-order valence-corrected chi connectivity index (χ2v) is 5.91. The van der Waals surface area contributed by atoms with Gasteiger partial charge in [-0.3, -0.25) is 0 Å². The minimum atomic E-state index is -0.0412. The van der Waals surface area contributed by atoms with Gasteiger partial charge < -0.3 is 5.11 Å². The largest absolute Gasteiger partial charge is 0.507 e. The minimum Gasteiger partial charge on any atom is -0.507 e. The third-order valence-electron chi connectivity index (χ3n) is 2.43.